The van der Waals surface area contributed by atoms with E-state index in [4.69, 9.17) is 9.84 Å². The summed E-state index contributed by atoms with van der Waals surface area (Å²) >= 11 is 0. The van der Waals surface area contributed by atoms with Crippen LogP contribution in [0.25, 0.3) is 5.78 Å². The molecule has 0 amide bonds. The zero-order chi connectivity index (χ0) is 11.7. The Kier molecular flexibility index (Phi) is 2.41. The number of aliphatic hydroxyl groups is 1. The molecule has 2 heterocycles. The molecule has 84 valence electrons. The first-order chi connectivity index (χ1) is 7.60. The molecule has 0 spiro atoms. The number of nitrogens with one attached hydrogen (secondary N) is 1. The van der Waals surface area contributed by atoms with E-state index in [-0.39, 0.29) is 24.1 Å². The fourth-order valence-electron chi connectivity index (χ4n) is 1.19. The molecule has 2 rings (SSSR count). The van der Waals surface area contributed by atoms with E-state index in [1.165, 1.54) is 6.92 Å². The van der Waals surface area contributed by atoms with Crippen molar-refractivity contribution < 1.29 is 14.6 Å². The van der Waals surface area contributed by atoms with E-state index in [2.05, 4.69) is 15.1 Å². The minimum Gasteiger partial charge on any atom is -0.409 e. The second-order valence-corrected chi connectivity index (χ2v) is 2.99. The van der Waals surface area contributed by atoms with Gasteiger partial charge in [-0.1, -0.05) is 0 Å². The van der Waals surface area contributed by atoms with Crippen molar-refractivity contribution in [3.05, 3.63) is 22.2 Å². The summed E-state index contributed by atoms with van der Waals surface area (Å²) in [6, 6.07) is 1.07. The minimum absolute atomic E-state index is 0.0121. The lowest BCUT2D eigenvalue weighted by atomic mass is 10.6. The number of carbonyl (C=O) groups excluding carboxylic acids is 1. The molecular weight excluding hydrogens is 216 g/mol. The van der Waals surface area contributed by atoms with E-state index in [0.717, 1.165) is 10.6 Å². The Balaban J connectivity index is 2.57. The maximum Gasteiger partial charge on any atom is 0.309 e. The lowest BCUT2D eigenvalue weighted by molar-refractivity contribution is -0.132. The van der Waals surface area contributed by atoms with Crippen LogP contribution in [0.1, 0.15) is 12.7 Å². The number of rotatable bonds is 2. The van der Waals surface area contributed by atoms with Crippen LogP contribution >= 0.6 is 0 Å². The van der Waals surface area contributed by atoms with Crippen LogP contribution in [0.15, 0.2) is 10.9 Å². The molecule has 2 aromatic rings. The number of aliphatic hydroxyl groups excluding tert-OH is 1. The first-order valence-corrected chi connectivity index (χ1v) is 4.38. The maximum absolute atomic E-state index is 11.5. The van der Waals surface area contributed by atoms with Crippen molar-refractivity contribution in [1.29, 1.82) is 0 Å². The third-order valence-electron chi connectivity index (χ3n) is 1.74. The molecule has 8 nitrogen and oxygen atoms in total. The summed E-state index contributed by atoms with van der Waals surface area (Å²) in [5.74, 6) is -0.357. The fraction of sp³-hybridized carbons (Fsp3) is 0.250. The van der Waals surface area contributed by atoms with Gasteiger partial charge in [-0.3, -0.25) is 14.6 Å². The van der Waals surface area contributed by atoms with Gasteiger partial charge in [-0.25, -0.2) is 0 Å². The first kappa shape index (κ1) is 10.3. The van der Waals surface area contributed by atoms with Crippen LogP contribution in [0.4, 0.5) is 0 Å². The molecule has 2 aromatic heterocycles. The standard InChI is InChI=1S/C8H8N4O4/c1-4(14)16-6-2-7(15)12-8(10-6)9-5(3-13)11-12/h2,13H,3H2,1H3,(H,9,10,11). The van der Waals surface area contributed by atoms with Gasteiger partial charge < -0.3 is 9.84 Å². The van der Waals surface area contributed by atoms with Gasteiger partial charge in [-0.15, -0.1) is 5.10 Å². The zero-order valence-corrected chi connectivity index (χ0v) is 8.30. The van der Waals surface area contributed by atoms with Crippen molar-refractivity contribution in [3.8, 4) is 5.88 Å². The Morgan fingerprint density at radius 1 is 1.69 bits per heavy atom. The second kappa shape index (κ2) is 3.74. The van der Waals surface area contributed by atoms with Gasteiger partial charge in [0.25, 0.3) is 5.56 Å². The van der Waals surface area contributed by atoms with Gasteiger partial charge in [0, 0.05) is 6.92 Å². The van der Waals surface area contributed by atoms with Crippen LogP contribution in [0.2, 0.25) is 0 Å². The molecule has 16 heavy (non-hydrogen) atoms. The number of nitrogens with zero attached hydrogens (tertiary/aromatic N) is 3. The monoisotopic (exact) mass is 224 g/mol. The number of carbonyl (C=O) groups is 1. The summed E-state index contributed by atoms with van der Waals surface area (Å²) in [5.41, 5.74) is -0.503. The molecule has 0 aliphatic carbocycles. The number of H-pyrrole nitrogens is 1. The largest absolute Gasteiger partial charge is 0.409 e. The fourth-order valence-corrected chi connectivity index (χ4v) is 1.19. The summed E-state index contributed by atoms with van der Waals surface area (Å²) < 4.78 is 5.68. The predicted octanol–water partition coefficient (Wildman–Crippen LogP) is -1.16. The lowest BCUT2D eigenvalue weighted by Crippen LogP contribution is -2.16. The van der Waals surface area contributed by atoms with Crippen LogP contribution in [0.5, 0.6) is 5.88 Å². The van der Waals surface area contributed by atoms with Crippen LogP contribution in [0, 0.1) is 0 Å². The Morgan fingerprint density at radius 2 is 2.44 bits per heavy atom. The molecule has 0 fully saturated rings. The highest BCUT2D eigenvalue weighted by Crippen LogP contribution is 2.04. The predicted molar refractivity (Wildman–Crippen MR) is 50.8 cm³/mol. The van der Waals surface area contributed by atoms with Crippen molar-refractivity contribution in [1.82, 2.24) is 19.6 Å². The van der Waals surface area contributed by atoms with Crippen LogP contribution in [0.3, 0.4) is 0 Å². The summed E-state index contributed by atoms with van der Waals surface area (Å²) in [4.78, 5) is 28.6. The number of aromatic nitrogens is 4. The molecule has 0 unspecified atom stereocenters. The van der Waals surface area contributed by atoms with E-state index in [1.54, 1.807) is 0 Å². The highest BCUT2D eigenvalue weighted by atomic mass is 16.5. The highest BCUT2D eigenvalue weighted by Gasteiger charge is 2.08. The van der Waals surface area contributed by atoms with Gasteiger partial charge in [0.2, 0.25) is 11.7 Å². The van der Waals surface area contributed by atoms with Crippen molar-refractivity contribution >= 4 is 11.7 Å². The van der Waals surface area contributed by atoms with Gasteiger partial charge in [0.05, 0.1) is 6.07 Å². The zero-order valence-electron chi connectivity index (χ0n) is 8.30. The van der Waals surface area contributed by atoms with E-state index >= 15 is 0 Å². The van der Waals surface area contributed by atoms with Crippen LogP contribution in [-0.4, -0.2) is 30.7 Å². The summed E-state index contributed by atoms with van der Waals surface area (Å²) in [7, 11) is 0. The third-order valence-corrected chi connectivity index (χ3v) is 1.74. The molecule has 0 aromatic carbocycles. The van der Waals surface area contributed by atoms with E-state index in [1.807, 2.05) is 0 Å². The molecule has 8 heteroatoms. The summed E-state index contributed by atoms with van der Waals surface area (Å²) in [6.45, 7) is 0.837. The minimum atomic E-state index is -0.554. The second-order valence-electron chi connectivity index (χ2n) is 2.99. The van der Waals surface area contributed by atoms with Crippen molar-refractivity contribution in [2.24, 2.45) is 0 Å². The summed E-state index contributed by atoms with van der Waals surface area (Å²) in [5, 5.41) is 12.5. The number of esters is 1. The Hall–Kier alpha value is -2.22. The number of hydrogen-bond donors (Lipinski definition) is 2. The summed E-state index contributed by atoms with van der Waals surface area (Å²) in [6.07, 6.45) is 0. The molecule has 0 aliphatic heterocycles. The maximum atomic E-state index is 11.5. The van der Waals surface area contributed by atoms with Gasteiger partial charge in [-0.2, -0.15) is 9.50 Å². The van der Waals surface area contributed by atoms with Crippen molar-refractivity contribution in [2.75, 3.05) is 0 Å². The third kappa shape index (κ3) is 1.77. The van der Waals surface area contributed by atoms with Gasteiger partial charge >= 0.3 is 5.97 Å². The molecule has 2 N–H and O–H groups in total. The Morgan fingerprint density at radius 3 is 3.06 bits per heavy atom. The SMILES string of the molecule is CC(=O)Oc1cc(=O)n2nc(CO)nc2[nH]1. The number of hydrogen-bond acceptors (Lipinski definition) is 6. The molecule has 0 saturated heterocycles. The molecule has 0 atom stereocenters. The van der Waals surface area contributed by atoms with Crippen molar-refractivity contribution in [2.45, 2.75) is 13.5 Å². The lowest BCUT2D eigenvalue weighted by Gasteiger charge is -1.99. The van der Waals surface area contributed by atoms with Gasteiger partial charge in [-0.05, 0) is 0 Å². The molecule has 0 radical (unpaired) electrons. The number of ether oxygens (including phenoxy) is 1. The van der Waals surface area contributed by atoms with Crippen LogP contribution < -0.4 is 10.3 Å². The normalized spacial score (nSPS) is 10.6. The Labute approximate surface area is 88.5 Å². The smallest absolute Gasteiger partial charge is 0.309 e. The van der Waals surface area contributed by atoms with Crippen molar-refractivity contribution in [3.63, 3.8) is 0 Å². The number of fused-ring (bicyclic) bond motifs is 1. The average molecular weight is 224 g/mol. The van der Waals surface area contributed by atoms with E-state index in [9.17, 15) is 9.59 Å². The molecular formula is C8H8N4O4. The van der Waals surface area contributed by atoms with Crippen LogP contribution in [-0.2, 0) is 11.4 Å². The van der Waals surface area contributed by atoms with Gasteiger partial charge in [0.15, 0.2) is 5.82 Å². The first-order valence-electron chi connectivity index (χ1n) is 4.38. The quantitative estimate of drug-likeness (QED) is 0.622. The van der Waals surface area contributed by atoms with E-state index < -0.39 is 11.5 Å². The van der Waals surface area contributed by atoms with Gasteiger partial charge in [0.1, 0.15) is 6.61 Å². The van der Waals surface area contributed by atoms with E-state index in [0.29, 0.717) is 0 Å². The topological polar surface area (TPSA) is 110 Å². The molecule has 0 saturated carbocycles. The highest BCUT2D eigenvalue weighted by molar-refractivity contribution is 5.68. The average Bonchev–Trinajstić information content (AvgIpc) is 2.60. The Bertz CT molecular complexity index is 600. The molecule has 0 bridgehead atoms. The molecule has 0 aliphatic rings. The number of aromatic amines is 1.